The number of carbonyl (C=O) groups is 2. The van der Waals surface area contributed by atoms with Crippen LogP contribution in [0.25, 0.3) is 0 Å². The molecule has 0 saturated heterocycles. The summed E-state index contributed by atoms with van der Waals surface area (Å²) in [4.78, 5) is 21.3. The van der Waals surface area contributed by atoms with E-state index in [0.29, 0.717) is 6.42 Å². The first-order valence-electron chi connectivity index (χ1n) is 4.26. The van der Waals surface area contributed by atoms with E-state index >= 15 is 0 Å². The highest BCUT2D eigenvalue weighted by atomic mass is 19.1. The molecule has 1 unspecified atom stereocenters. The zero-order chi connectivity index (χ0) is 9.56. The van der Waals surface area contributed by atoms with Crippen molar-refractivity contribution in [3.63, 3.8) is 0 Å². The van der Waals surface area contributed by atoms with Crippen LogP contribution < -0.4 is 0 Å². The summed E-state index contributed by atoms with van der Waals surface area (Å²) in [6.45, 7) is 3.10. The van der Waals surface area contributed by atoms with Gasteiger partial charge in [-0.25, -0.2) is 4.39 Å². The van der Waals surface area contributed by atoms with E-state index in [1.54, 1.807) is 0 Å². The van der Waals surface area contributed by atoms with Crippen molar-refractivity contribution in [2.75, 3.05) is 0 Å². The van der Waals surface area contributed by atoms with E-state index in [4.69, 9.17) is 0 Å². The lowest BCUT2D eigenvalue weighted by Gasteiger charge is -2.01. The summed E-state index contributed by atoms with van der Waals surface area (Å²) in [6, 6.07) is 0. The minimum absolute atomic E-state index is 0.189. The lowest BCUT2D eigenvalue weighted by Crippen LogP contribution is -2.22. The first-order valence-corrected chi connectivity index (χ1v) is 4.26. The Morgan fingerprint density at radius 1 is 1.33 bits per heavy atom. The van der Waals surface area contributed by atoms with Crippen molar-refractivity contribution in [3.05, 3.63) is 0 Å². The summed E-state index contributed by atoms with van der Waals surface area (Å²) in [5.74, 6) is -1.26. The van der Waals surface area contributed by atoms with Gasteiger partial charge in [0, 0.05) is 6.42 Å². The largest absolute Gasteiger partial charge is 0.296 e. The second-order valence-electron chi connectivity index (χ2n) is 2.90. The average Bonchev–Trinajstić information content (AvgIpc) is 2.03. The Morgan fingerprint density at radius 2 is 1.92 bits per heavy atom. The van der Waals surface area contributed by atoms with E-state index in [1.165, 1.54) is 0 Å². The first kappa shape index (κ1) is 11.3. The monoisotopic (exact) mass is 174 g/mol. The number of hydrogen-bond acceptors (Lipinski definition) is 2. The number of hydrogen-bond donors (Lipinski definition) is 0. The van der Waals surface area contributed by atoms with Gasteiger partial charge < -0.3 is 0 Å². The van der Waals surface area contributed by atoms with Gasteiger partial charge in [0.1, 0.15) is 0 Å². The summed E-state index contributed by atoms with van der Waals surface area (Å²) in [6.07, 6.45) is 0.889. The molecule has 0 aliphatic heterocycles. The molecule has 0 spiro atoms. The van der Waals surface area contributed by atoms with E-state index < -0.39 is 17.7 Å². The average molecular weight is 174 g/mol. The second-order valence-corrected chi connectivity index (χ2v) is 2.90. The van der Waals surface area contributed by atoms with Gasteiger partial charge in [-0.1, -0.05) is 19.8 Å². The van der Waals surface area contributed by atoms with Crippen LogP contribution in [0.1, 0.15) is 39.5 Å². The van der Waals surface area contributed by atoms with Gasteiger partial charge in [-0.05, 0) is 13.3 Å². The van der Waals surface area contributed by atoms with Gasteiger partial charge in [0.2, 0.25) is 6.17 Å². The third-order valence-corrected chi connectivity index (χ3v) is 1.67. The number of rotatable bonds is 6. The van der Waals surface area contributed by atoms with Crippen LogP contribution in [0, 0.1) is 0 Å². The van der Waals surface area contributed by atoms with Crippen molar-refractivity contribution in [2.24, 2.45) is 0 Å². The molecule has 0 radical (unpaired) electrons. The molecular weight excluding hydrogens is 159 g/mol. The normalized spacial score (nSPS) is 12.6. The quantitative estimate of drug-likeness (QED) is 0.456. The number of halogens is 1. The minimum atomic E-state index is -1.89. The Balaban J connectivity index is 3.65. The Bertz CT molecular complexity index is 166. The van der Waals surface area contributed by atoms with Crippen LogP contribution in [0.3, 0.4) is 0 Å². The lowest BCUT2D eigenvalue weighted by atomic mass is 10.1. The second kappa shape index (κ2) is 5.86. The fourth-order valence-corrected chi connectivity index (χ4v) is 0.903. The van der Waals surface area contributed by atoms with Gasteiger partial charge in [0.05, 0.1) is 0 Å². The van der Waals surface area contributed by atoms with E-state index in [1.807, 2.05) is 6.92 Å². The van der Waals surface area contributed by atoms with Crippen LogP contribution in [0.5, 0.6) is 0 Å². The van der Waals surface area contributed by atoms with Crippen molar-refractivity contribution in [1.29, 1.82) is 0 Å². The predicted molar refractivity (Wildman–Crippen MR) is 44.7 cm³/mol. The summed E-state index contributed by atoms with van der Waals surface area (Å²) in [5, 5.41) is 0. The molecule has 0 aliphatic rings. The highest BCUT2D eigenvalue weighted by Gasteiger charge is 2.20. The van der Waals surface area contributed by atoms with Crippen LogP contribution in [0.4, 0.5) is 4.39 Å². The molecule has 0 heterocycles. The van der Waals surface area contributed by atoms with Crippen LogP contribution in [-0.2, 0) is 9.59 Å². The van der Waals surface area contributed by atoms with Gasteiger partial charge in [0.25, 0.3) is 0 Å². The lowest BCUT2D eigenvalue weighted by molar-refractivity contribution is -0.132. The van der Waals surface area contributed by atoms with Crippen LogP contribution in [-0.4, -0.2) is 17.7 Å². The van der Waals surface area contributed by atoms with Crippen LogP contribution in [0.2, 0.25) is 0 Å². The minimum Gasteiger partial charge on any atom is -0.296 e. The summed E-state index contributed by atoms with van der Waals surface area (Å²) in [7, 11) is 0. The number of carbonyl (C=O) groups excluding carboxylic acids is 2. The molecule has 0 saturated carbocycles. The van der Waals surface area contributed by atoms with Crippen LogP contribution >= 0.6 is 0 Å². The van der Waals surface area contributed by atoms with Crippen molar-refractivity contribution < 1.29 is 14.0 Å². The van der Waals surface area contributed by atoms with Gasteiger partial charge in [0.15, 0.2) is 11.6 Å². The molecule has 1 atom stereocenters. The van der Waals surface area contributed by atoms with Gasteiger partial charge >= 0.3 is 0 Å². The molecule has 0 aliphatic carbocycles. The first-order chi connectivity index (χ1) is 5.59. The van der Waals surface area contributed by atoms with Gasteiger partial charge in [-0.2, -0.15) is 0 Å². The standard InChI is InChI=1S/C9H15FO2/c1-3-4-5-6-8(12)9(10)7(2)11/h9H,3-6H2,1-2H3. The molecule has 0 rings (SSSR count). The molecule has 70 valence electrons. The SMILES string of the molecule is CCCCCC(=O)C(F)C(C)=O. The molecule has 2 nitrogen and oxygen atoms in total. The maximum Gasteiger partial charge on any atom is 0.215 e. The Labute approximate surface area is 72.1 Å². The Hall–Kier alpha value is -0.730. The summed E-state index contributed by atoms with van der Waals surface area (Å²) < 4.78 is 12.6. The number of ketones is 2. The zero-order valence-corrected chi connectivity index (χ0v) is 7.60. The van der Waals surface area contributed by atoms with Gasteiger partial charge in [-0.3, -0.25) is 9.59 Å². The van der Waals surface area contributed by atoms with E-state index in [-0.39, 0.29) is 6.42 Å². The molecule has 0 aromatic carbocycles. The highest BCUT2D eigenvalue weighted by Crippen LogP contribution is 2.05. The molecule has 0 fully saturated rings. The van der Waals surface area contributed by atoms with E-state index in [0.717, 1.165) is 19.8 Å². The summed E-state index contributed by atoms with van der Waals surface area (Å²) in [5.41, 5.74) is 0. The fraction of sp³-hybridized carbons (Fsp3) is 0.778. The molecule has 12 heavy (non-hydrogen) atoms. The van der Waals surface area contributed by atoms with Crippen LogP contribution in [0.15, 0.2) is 0 Å². The molecule has 0 aromatic rings. The van der Waals surface area contributed by atoms with Gasteiger partial charge in [-0.15, -0.1) is 0 Å². The predicted octanol–water partition coefficient (Wildman–Crippen LogP) is 2.06. The third kappa shape index (κ3) is 4.21. The number of alkyl halides is 1. The maximum atomic E-state index is 12.6. The summed E-state index contributed by atoms with van der Waals surface area (Å²) >= 11 is 0. The van der Waals surface area contributed by atoms with Crippen molar-refractivity contribution in [3.8, 4) is 0 Å². The fourth-order valence-electron chi connectivity index (χ4n) is 0.903. The highest BCUT2D eigenvalue weighted by molar-refractivity contribution is 6.04. The molecule has 3 heteroatoms. The topological polar surface area (TPSA) is 34.1 Å². The Morgan fingerprint density at radius 3 is 2.33 bits per heavy atom. The molecule has 0 aromatic heterocycles. The van der Waals surface area contributed by atoms with Crippen molar-refractivity contribution >= 4 is 11.6 Å². The molecule has 0 N–H and O–H groups in total. The molecule has 0 amide bonds. The smallest absolute Gasteiger partial charge is 0.215 e. The van der Waals surface area contributed by atoms with Crippen molar-refractivity contribution in [1.82, 2.24) is 0 Å². The number of Topliss-reactive ketones (excluding diaryl/α,β-unsaturated/α-hetero) is 2. The third-order valence-electron chi connectivity index (χ3n) is 1.67. The van der Waals surface area contributed by atoms with Crippen molar-refractivity contribution in [2.45, 2.75) is 45.7 Å². The maximum absolute atomic E-state index is 12.6. The van der Waals surface area contributed by atoms with E-state index in [9.17, 15) is 14.0 Å². The number of unbranched alkanes of at least 4 members (excludes halogenated alkanes) is 2. The van der Waals surface area contributed by atoms with E-state index in [2.05, 4.69) is 0 Å². The molecule has 0 bridgehead atoms. The zero-order valence-electron chi connectivity index (χ0n) is 7.60. The molecular formula is C9H15FO2. The Kier molecular flexibility index (Phi) is 5.51.